The maximum Gasteiger partial charge on any atom is 0.170 e. The van der Waals surface area contributed by atoms with Gasteiger partial charge in [0, 0.05) is 12.7 Å². The van der Waals surface area contributed by atoms with Crippen molar-refractivity contribution in [1.82, 2.24) is 0 Å². The lowest BCUT2D eigenvalue weighted by molar-refractivity contribution is 0.184. The highest BCUT2D eigenvalue weighted by molar-refractivity contribution is 5.98. The molecule has 1 rings (SSSR count). The maximum atomic E-state index is 12.9. The highest BCUT2D eigenvalue weighted by Gasteiger charge is 2.07. The Morgan fingerprint density at radius 2 is 2.36 bits per heavy atom. The zero-order valence-electron chi connectivity index (χ0n) is 7.70. The Labute approximate surface area is 80.8 Å². The minimum Gasteiger partial charge on any atom is -0.409 e. The molecule has 0 heterocycles. The summed E-state index contributed by atoms with van der Waals surface area (Å²) in [7, 11) is 1.51. The predicted octanol–water partition coefficient (Wildman–Crippen LogP) is 1.07. The Kier molecular flexibility index (Phi) is 3.41. The van der Waals surface area contributed by atoms with Gasteiger partial charge in [-0.15, -0.1) is 0 Å². The molecule has 0 saturated carbocycles. The second-order valence-electron chi connectivity index (χ2n) is 2.72. The van der Waals surface area contributed by atoms with E-state index in [-0.39, 0.29) is 12.4 Å². The summed E-state index contributed by atoms with van der Waals surface area (Å²) in [6.45, 7) is 0.284. The molecule has 5 heteroatoms. The fourth-order valence-electron chi connectivity index (χ4n) is 1.12. The fraction of sp³-hybridized carbons (Fsp3) is 0.222. The summed E-state index contributed by atoms with van der Waals surface area (Å²) in [5.41, 5.74) is 6.38. The van der Waals surface area contributed by atoms with Gasteiger partial charge in [-0.2, -0.15) is 0 Å². The molecular weight excluding hydrogens is 187 g/mol. The fourth-order valence-corrected chi connectivity index (χ4v) is 1.12. The Bertz CT molecular complexity index is 353. The average molecular weight is 198 g/mol. The molecule has 4 nitrogen and oxygen atoms in total. The predicted molar refractivity (Wildman–Crippen MR) is 49.6 cm³/mol. The minimum absolute atomic E-state index is 0.128. The van der Waals surface area contributed by atoms with Crippen LogP contribution in [0.15, 0.2) is 23.4 Å². The van der Waals surface area contributed by atoms with Gasteiger partial charge in [-0.3, -0.25) is 0 Å². The number of benzene rings is 1. The molecule has 0 bridgehead atoms. The van der Waals surface area contributed by atoms with E-state index >= 15 is 0 Å². The molecule has 0 saturated heterocycles. The van der Waals surface area contributed by atoms with Gasteiger partial charge >= 0.3 is 0 Å². The molecule has 14 heavy (non-hydrogen) atoms. The molecule has 0 aromatic heterocycles. The van der Waals surface area contributed by atoms with Crippen LogP contribution in [0.25, 0.3) is 0 Å². The summed E-state index contributed by atoms with van der Waals surface area (Å²) < 4.78 is 17.7. The summed E-state index contributed by atoms with van der Waals surface area (Å²) in [4.78, 5) is 0. The molecule has 1 aromatic carbocycles. The number of rotatable bonds is 3. The molecule has 1 aromatic rings. The van der Waals surface area contributed by atoms with Crippen LogP contribution in [-0.4, -0.2) is 18.2 Å². The van der Waals surface area contributed by atoms with Crippen molar-refractivity contribution < 1.29 is 14.3 Å². The summed E-state index contributed by atoms with van der Waals surface area (Å²) in [6.07, 6.45) is 0. The van der Waals surface area contributed by atoms with Crippen LogP contribution in [0.5, 0.6) is 0 Å². The van der Waals surface area contributed by atoms with Crippen molar-refractivity contribution in [3.05, 3.63) is 35.1 Å². The molecule has 0 unspecified atom stereocenters. The number of halogens is 1. The monoisotopic (exact) mass is 198 g/mol. The average Bonchev–Trinajstić information content (AvgIpc) is 2.20. The first kappa shape index (κ1) is 10.5. The third-order valence-electron chi connectivity index (χ3n) is 1.76. The maximum absolute atomic E-state index is 12.9. The Balaban J connectivity index is 3.15. The number of nitrogens with two attached hydrogens (primary N) is 1. The molecule has 0 aliphatic heterocycles. The van der Waals surface area contributed by atoms with Crippen molar-refractivity contribution in [1.29, 1.82) is 0 Å². The second kappa shape index (κ2) is 4.57. The van der Waals surface area contributed by atoms with E-state index in [0.717, 1.165) is 0 Å². The van der Waals surface area contributed by atoms with Crippen LogP contribution in [0.4, 0.5) is 4.39 Å². The van der Waals surface area contributed by atoms with E-state index in [1.807, 2.05) is 0 Å². The molecule has 0 aliphatic rings. The molecular formula is C9H11FN2O2. The lowest BCUT2D eigenvalue weighted by Crippen LogP contribution is -2.16. The normalized spacial score (nSPS) is 11.7. The van der Waals surface area contributed by atoms with Crippen LogP contribution >= 0.6 is 0 Å². The lowest BCUT2D eigenvalue weighted by atomic mass is 10.1. The smallest absolute Gasteiger partial charge is 0.170 e. The molecule has 0 atom stereocenters. The summed E-state index contributed by atoms with van der Waals surface area (Å²) >= 11 is 0. The van der Waals surface area contributed by atoms with Crippen LogP contribution in [0.2, 0.25) is 0 Å². The number of amidine groups is 1. The van der Waals surface area contributed by atoms with E-state index in [1.54, 1.807) is 0 Å². The van der Waals surface area contributed by atoms with Crippen molar-refractivity contribution in [3.63, 3.8) is 0 Å². The van der Waals surface area contributed by atoms with Gasteiger partial charge in [0.05, 0.1) is 6.61 Å². The van der Waals surface area contributed by atoms with E-state index in [1.165, 1.54) is 25.3 Å². The van der Waals surface area contributed by atoms with Gasteiger partial charge in [0.2, 0.25) is 0 Å². The molecule has 0 amide bonds. The molecule has 0 radical (unpaired) electrons. The summed E-state index contributed by atoms with van der Waals surface area (Å²) in [5, 5.41) is 11.3. The number of hydrogen-bond donors (Lipinski definition) is 2. The van der Waals surface area contributed by atoms with Crippen molar-refractivity contribution in [2.24, 2.45) is 10.9 Å². The van der Waals surface area contributed by atoms with Gasteiger partial charge in [0.15, 0.2) is 5.84 Å². The molecule has 3 N–H and O–H groups in total. The highest BCUT2D eigenvalue weighted by atomic mass is 19.1. The second-order valence-corrected chi connectivity index (χ2v) is 2.72. The molecule has 0 aliphatic carbocycles. The van der Waals surface area contributed by atoms with Crippen LogP contribution in [0.3, 0.4) is 0 Å². The highest BCUT2D eigenvalue weighted by Crippen LogP contribution is 2.12. The first-order chi connectivity index (χ1) is 6.69. The third kappa shape index (κ3) is 2.20. The van der Waals surface area contributed by atoms with Crippen LogP contribution in [0, 0.1) is 5.82 Å². The van der Waals surface area contributed by atoms with Gasteiger partial charge in [0.25, 0.3) is 0 Å². The number of nitrogens with zero attached hydrogens (tertiary/aromatic N) is 1. The Morgan fingerprint density at radius 3 is 2.93 bits per heavy atom. The third-order valence-corrected chi connectivity index (χ3v) is 1.76. The van der Waals surface area contributed by atoms with E-state index in [2.05, 4.69) is 5.16 Å². The first-order valence-electron chi connectivity index (χ1n) is 3.94. The van der Waals surface area contributed by atoms with Gasteiger partial charge < -0.3 is 15.7 Å². The SMILES string of the molecule is COCc1ccc(F)cc1C(N)=NO. The largest absolute Gasteiger partial charge is 0.409 e. The number of ether oxygens (including phenoxy) is 1. The van der Waals surface area contributed by atoms with Crippen LogP contribution in [0.1, 0.15) is 11.1 Å². The van der Waals surface area contributed by atoms with Gasteiger partial charge in [-0.05, 0) is 17.7 Å². The summed E-state index contributed by atoms with van der Waals surface area (Å²) in [6, 6.07) is 4.03. The van der Waals surface area contributed by atoms with Gasteiger partial charge in [0.1, 0.15) is 5.82 Å². The summed E-state index contributed by atoms with van der Waals surface area (Å²) in [5.74, 6) is -0.567. The minimum atomic E-state index is -0.438. The molecule has 0 spiro atoms. The number of methoxy groups -OCH3 is 1. The zero-order valence-corrected chi connectivity index (χ0v) is 7.70. The number of oxime groups is 1. The van der Waals surface area contributed by atoms with E-state index in [4.69, 9.17) is 15.7 Å². The van der Waals surface area contributed by atoms with E-state index < -0.39 is 5.82 Å². The van der Waals surface area contributed by atoms with Crippen molar-refractivity contribution in [3.8, 4) is 0 Å². The lowest BCUT2D eigenvalue weighted by Gasteiger charge is -2.06. The standard InChI is InChI=1S/C9H11FN2O2/c1-14-5-6-2-3-7(10)4-8(6)9(11)12-13/h2-4,13H,5H2,1H3,(H2,11,12). The molecule has 76 valence electrons. The molecule has 0 fully saturated rings. The number of hydrogen-bond acceptors (Lipinski definition) is 3. The first-order valence-corrected chi connectivity index (χ1v) is 3.94. The van der Waals surface area contributed by atoms with E-state index in [0.29, 0.717) is 11.1 Å². The quantitative estimate of drug-likeness (QED) is 0.330. The van der Waals surface area contributed by atoms with E-state index in [9.17, 15) is 4.39 Å². The van der Waals surface area contributed by atoms with Crippen molar-refractivity contribution >= 4 is 5.84 Å². The van der Waals surface area contributed by atoms with Gasteiger partial charge in [-0.1, -0.05) is 11.2 Å². The Morgan fingerprint density at radius 1 is 1.64 bits per heavy atom. The zero-order chi connectivity index (χ0) is 10.6. The Hall–Kier alpha value is -1.62. The van der Waals surface area contributed by atoms with Crippen molar-refractivity contribution in [2.45, 2.75) is 6.61 Å². The topological polar surface area (TPSA) is 67.8 Å². The van der Waals surface area contributed by atoms with Crippen molar-refractivity contribution in [2.75, 3.05) is 7.11 Å². The van der Waals surface area contributed by atoms with Gasteiger partial charge in [-0.25, -0.2) is 4.39 Å². The van der Waals surface area contributed by atoms with Crippen LogP contribution < -0.4 is 5.73 Å². The van der Waals surface area contributed by atoms with Crippen LogP contribution in [-0.2, 0) is 11.3 Å².